The molecular formula is C15H20N2O2. The summed E-state index contributed by atoms with van der Waals surface area (Å²) in [7, 11) is 1.65. The van der Waals surface area contributed by atoms with Crippen molar-refractivity contribution in [1.82, 2.24) is 5.32 Å². The van der Waals surface area contributed by atoms with Gasteiger partial charge in [0.2, 0.25) is 5.91 Å². The number of aryl methyl sites for hydroxylation is 2. The fraction of sp³-hybridized carbons (Fsp3) is 0.467. The summed E-state index contributed by atoms with van der Waals surface area (Å²) in [5.74, 6) is 0.777. The highest BCUT2D eigenvalue weighted by atomic mass is 16.5. The second-order valence-corrected chi connectivity index (χ2v) is 4.51. The Morgan fingerprint density at radius 2 is 2.05 bits per heavy atom. The van der Waals surface area contributed by atoms with Crippen LogP contribution in [0.2, 0.25) is 0 Å². The molecule has 0 aliphatic rings. The van der Waals surface area contributed by atoms with Gasteiger partial charge < -0.3 is 10.1 Å². The monoisotopic (exact) mass is 260 g/mol. The van der Waals surface area contributed by atoms with E-state index in [-0.39, 0.29) is 18.7 Å². The number of hydrogen-bond acceptors (Lipinski definition) is 3. The van der Waals surface area contributed by atoms with Gasteiger partial charge in [-0.1, -0.05) is 6.07 Å². The second kappa shape index (κ2) is 7.42. The maximum atomic E-state index is 11.4. The minimum atomic E-state index is -0.0793. The van der Waals surface area contributed by atoms with Crippen molar-refractivity contribution in [3.05, 3.63) is 28.8 Å². The van der Waals surface area contributed by atoms with Gasteiger partial charge in [-0.05, 0) is 43.0 Å². The van der Waals surface area contributed by atoms with E-state index in [0.717, 1.165) is 17.7 Å². The summed E-state index contributed by atoms with van der Waals surface area (Å²) >= 11 is 0. The molecule has 19 heavy (non-hydrogen) atoms. The molecule has 0 aliphatic carbocycles. The van der Waals surface area contributed by atoms with Gasteiger partial charge in [0, 0.05) is 19.4 Å². The van der Waals surface area contributed by atoms with Gasteiger partial charge in [0.15, 0.2) is 0 Å². The van der Waals surface area contributed by atoms with Gasteiger partial charge >= 0.3 is 0 Å². The Kier molecular flexibility index (Phi) is 5.87. The summed E-state index contributed by atoms with van der Waals surface area (Å²) in [5, 5.41) is 11.2. The highest BCUT2D eigenvalue weighted by Gasteiger charge is 2.07. The third-order valence-corrected chi connectivity index (χ3v) is 3.08. The SMILES string of the molecule is COc1cc(C)c(C)cc1CCNC(=O)CCC#N. The van der Waals surface area contributed by atoms with Gasteiger partial charge in [0.25, 0.3) is 0 Å². The van der Waals surface area contributed by atoms with E-state index in [1.54, 1.807) is 7.11 Å². The number of rotatable bonds is 6. The van der Waals surface area contributed by atoms with Crippen molar-refractivity contribution in [2.24, 2.45) is 0 Å². The van der Waals surface area contributed by atoms with Crippen molar-refractivity contribution in [1.29, 1.82) is 5.26 Å². The minimum absolute atomic E-state index is 0.0793. The molecule has 0 atom stereocenters. The third kappa shape index (κ3) is 4.63. The maximum Gasteiger partial charge on any atom is 0.221 e. The van der Waals surface area contributed by atoms with Crippen LogP contribution < -0.4 is 10.1 Å². The average Bonchev–Trinajstić information content (AvgIpc) is 2.40. The predicted octanol–water partition coefficient (Wildman–Crippen LogP) is 2.27. The first-order chi connectivity index (χ1) is 9.08. The lowest BCUT2D eigenvalue weighted by Crippen LogP contribution is -2.25. The number of carbonyl (C=O) groups is 1. The van der Waals surface area contributed by atoms with Crippen molar-refractivity contribution in [2.75, 3.05) is 13.7 Å². The zero-order valence-electron chi connectivity index (χ0n) is 11.7. The zero-order chi connectivity index (χ0) is 14.3. The van der Waals surface area contributed by atoms with Crippen molar-refractivity contribution in [2.45, 2.75) is 33.1 Å². The number of amides is 1. The first kappa shape index (κ1) is 15.0. The molecule has 1 rings (SSSR count). The highest BCUT2D eigenvalue weighted by molar-refractivity contribution is 5.76. The summed E-state index contributed by atoms with van der Waals surface area (Å²) in [6.45, 7) is 4.66. The number of nitriles is 1. The molecule has 0 unspecified atom stereocenters. The van der Waals surface area contributed by atoms with E-state index in [1.165, 1.54) is 11.1 Å². The van der Waals surface area contributed by atoms with Crippen LogP contribution in [0.5, 0.6) is 5.75 Å². The molecule has 4 nitrogen and oxygen atoms in total. The lowest BCUT2D eigenvalue weighted by atomic mass is 10.0. The van der Waals surface area contributed by atoms with Crippen molar-refractivity contribution in [3.63, 3.8) is 0 Å². The molecule has 0 aromatic heterocycles. The zero-order valence-corrected chi connectivity index (χ0v) is 11.7. The summed E-state index contributed by atoms with van der Waals surface area (Å²) in [6.07, 6.45) is 1.25. The van der Waals surface area contributed by atoms with Crippen LogP contribution >= 0.6 is 0 Å². The molecule has 0 fully saturated rings. The van der Waals surface area contributed by atoms with Gasteiger partial charge in [0.05, 0.1) is 13.2 Å². The standard InChI is InChI=1S/C15H20N2O2/c1-11-9-13(14(19-3)10-12(11)2)6-8-17-15(18)5-4-7-16/h9-10H,4-6,8H2,1-3H3,(H,17,18). The smallest absolute Gasteiger partial charge is 0.221 e. The van der Waals surface area contributed by atoms with Crippen molar-refractivity contribution >= 4 is 5.91 Å². The minimum Gasteiger partial charge on any atom is -0.496 e. The topological polar surface area (TPSA) is 62.1 Å². The molecule has 0 spiro atoms. The number of ether oxygens (including phenoxy) is 1. The van der Waals surface area contributed by atoms with E-state index in [2.05, 4.69) is 18.3 Å². The largest absolute Gasteiger partial charge is 0.496 e. The number of nitrogens with one attached hydrogen (secondary N) is 1. The van der Waals surface area contributed by atoms with Crippen LogP contribution in [0.15, 0.2) is 12.1 Å². The molecule has 1 N–H and O–H groups in total. The molecular weight excluding hydrogens is 240 g/mol. The van der Waals surface area contributed by atoms with E-state index >= 15 is 0 Å². The molecule has 0 saturated carbocycles. The number of hydrogen-bond donors (Lipinski definition) is 1. The number of carbonyl (C=O) groups excluding carboxylic acids is 1. The Balaban J connectivity index is 2.56. The molecule has 4 heteroatoms. The number of methoxy groups -OCH3 is 1. The Morgan fingerprint density at radius 1 is 1.37 bits per heavy atom. The normalized spacial score (nSPS) is 9.79. The first-order valence-electron chi connectivity index (χ1n) is 6.36. The highest BCUT2D eigenvalue weighted by Crippen LogP contribution is 2.23. The van der Waals surface area contributed by atoms with Gasteiger partial charge in [-0.2, -0.15) is 5.26 Å². The molecule has 0 heterocycles. The third-order valence-electron chi connectivity index (χ3n) is 3.08. The molecule has 1 amide bonds. The van der Waals surface area contributed by atoms with Crippen molar-refractivity contribution < 1.29 is 9.53 Å². The summed E-state index contributed by atoms with van der Waals surface area (Å²) in [5.41, 5.74) is 3.50. The summed E-state index contributed by atoms with van der Waals surface area (Å²) in [6, 6.07) is 6.07. The molecule has 1 aromatic carbocycles. The summed E-state index contributed by atoms with van der Waals surface area (Å²) in [4.78, 5) is 11.4. The lowest BCUT2D eigenvalue weighted by Gasteiger charge is -2.12. The average molecular weight is 260 g/mol. The van der Waals surface area contributed by atoms with Crippen LogP contribution in [0, 0.1) is 25.2 Å². The van der Waals surface area contributed by atoms with Crippen LogP contribution in [-0.4, -0.2) is 19.6 Å². The first-order valence-corrected chi connectivity index (χ1v) is 6.36. The molecule has 0 radical (unpaired) electrons. The quantitative estimate of drug-likeness (QED) is 0.853. The fourth-order valence-electron chi connectivity index (χ4n) is 1.83. The van der Waals surface area contributed by atoms with Crippen LogP contribution in [-0.2, 0) is 11.2 Å². The molecule has 0 saturated heterocycles. The Labute approximate surface area is 114 Å². The fourth-order valence-corrected chi connectivity index (χ4v) is 1.83. The van der Waals surface area contributed by atoms with Gasteiger partial charge in [0.1, 0.15) is 5.75 Å². The van der Waals surface area contributed by atoms with E-state index in [9.17, 15) is 4.79 Å². The van der Waals surface area contributed by atoms with Crippen LogP contribution in [0.25, 0.3) is 0 Å². The van der Waals surface area contributed by atoms with E-state index in [1.807, 2.05) is 19.1 Å². The number of nitrogens with zero attached hydrogens (tertiary/aromatic N) is 1. The molecule has 1 aromatic rings. The Morgan fingerprint density at radius 3 is 2.68 bits per heavy atom. The van der Waals surface area contributed by atoms with E-state index in [4.69, 9.17) is 10.00 Å². The van der Waals surface area contributed by atoms with Gasteiger partial charge in [-0.15, -0.1) is 0 Å². The van der Waals surface area contributed by atoms with Gasteiger partial charge in [-0.25, -0.2) is 0 Å². The van der Waals surface area contributed by atoms with Crippen LogP contribution in [0.1, 0.15) is 29.5 Å². The van der Waals surface area contributed by atoms with E-state index in [0.29, 0.717) is 6.54 Å². The van der Waals surface area contributed by atoms with Gasteiger partial charge in [-0.3, -0.25) is 4.79 Å². The number of benzene rings is 1. The lowest BCUT2D eigenvalue weighted by molar-refractivity contribution is -0.120. The molecule has 102 valence electrons. The van der Waals surface area contributed by atoms with Crippen LogP contribution in [0.4, 0.5) is 0 Å². The summed E-state index contributed by atoms with van der Waals surface area (Å²) < 4.78 is 5.35. The second-order valence-electron chi connectivity index (χ2n) is 4.51. The maximum absolute atomic E-state index is 11.4. The predicted molar refractivity (Wildman–Crippen MR) is 74.0 cm³/mol. The van der Waals surface area contributed by atoms with E-state index < -0.39 is 0 Å². The van der Waals surface area contributed by atoms with Crippen molar-refractivity contribution in [3.8, 4) is 11.8 Å². The van der Waals surface area contributed by atoms with Crippen LogP contribution in [0.3, 0.4) is 0 Å². The molecule has 0 bridgehead atoms. The molecule has 0 aliphatic heterocycles. The Bertz CT molecular complexity index is 490. The Hall–Kier alpha value is -2.02.